The van der Waals surface area contributed by atoms with Gasteiger partial charge in [0.05, 0.1) is 0 Å². The lowest BCUT2D eigenvalue weighted by Crippen LogP contribution is -2.10. The number of nitrogens with one attached hydrogen (secondary N) is 1. The fourth-order valence-electron chi connectivity index (χ4n) is 2.21. The van der Waals surface area contributed by atoms with E-state index in [0.717, 1.165) is 0 Å². The van der Waals surface area contributed by atoms with Gasteiger partial charge in [0, 0.05) is 11.8 Å². The maximum atomic E-state index is 13.6. The molecule has 0 fully saturated rings. The Balaban J connectivity index is 1.71. The van der Waals surface area contributed by atoms with Gasteiger partial charge in [-0.25, -0.2) is 13.2 Å². The van der Waals surface area contributed by atoms with Crippen LogP contribution in [-0.2, 0) is 6.61 Å². The Bertz CT molecular complexity index is 1020. The second kappa shape index (κ2) is 7.59. The van der Waals surface area contributed by atoms with Crippen LogP contribution in [0.5, 0.6) is 11.5 Å². The Kier molecular flexibility index (Phi) is 5.21. The molecule has 10 heteroatoms. The number of aromatic hydroxyl groups is 1. The van der Waals surface area contributed by atoms with Crippen LogP contribution in [0.15, 0.2) is 40.8 Å². The predicted octanol–water partition coefficient (Wildman–Crippen LogP) is 4.51. The zero-order valence-corrected chi connectivity index (χ0v) is 13.7. The normalized spacial score (nSPS) is 10.8. The lowest BCUT2D eigenvalue weighted by Gasteiger charge is -2.09. The number of furan rings is 1. The minimum Gasteiger partial charge on any atom is -0.508 e. The van der Waals surface area contributed by atoms with E-state index >= 15 is 0 Å². The maximum Gasteiger partial charge on any atom is 0.291 e. The largest absolute Gasteiger partial charge is 0.508 e. The highest BCUT2D eigenvalue weighted by atomic mass is 19.2. The Morgan fingerprint density at radius 2 is 1.61 bits per heavy atom. The fraction of sp³-hybridized carbons (Fsp3) is 0.0556. The summed E-state index contributed by atoms with van der Waals surface area (Å²) in [4.78, 5) is 12.1. The number of amides is 1. The van der Waals surface area contributed by atoms with E-state index in [0.29, 0.717) is 0 Å². The summed E-state index contributed by atoms with van der Waals surface area (Å²) in [5, 5.41) is 11.8. The molecule has 0 atom stereocenters. The van der Waals surface area contributed by atoms with E-state index in [4.69, 9.17) is 4.42 Å². The predicted molar refractivity (Wildman–Crippen MR) is 85.3 cm³/mol. The molecule has 0 saturated carbocycles. The Labute approximate surface area is 154 Å². The monoisotopic (exact) mass is 399 g/mol. The second-order valence-electron chi connectivity index (χ2n) is 5.46. The highest BCUT2D eigenvalue weighted by Gasteiger charge is 2.27. The molecule has 5 nitrogen and oxygen atoms in total. The molecule has 0 aliphatic carbocycles. The van der Waals surface area contributed by atoms with Gasteiger partial charge in [-0.1, -0.05) is 6.07 Å². The number of phenolic OH excluding ortho intramolecular Hbond substituents is 1. The first-order valence-electron chi connectivity index (χ1n) is 7.61. The van der Waals surface area contributed by atoms with Crippen LogP contribution >= 0.6 is 0 Å². The molecule has 0 aliphatic rings. The summed E-state index contributed by atoms with van der Waals surface area (Å²) in [6, 6.07) is 8.13. The van der Waals surface area contributed by atoms with Gasteiger partial charge < -0.3 is 19.6 Å². The van der Waals surface area contributed by atoms with Crippen molar-refractivity contribution in [1.82, 2.24) is 0 Å². The Morgan fingerprint density at radius 1 is 0.964 bits per heavy atom. The van der Waals surface area contributed by atoms with E-state index < -0.39 is 47.3 Å². The number of carbonyl (C=O) groups is 1. The third kappa shape index (κ3) is 3.75. The number of halogens is 5. The van der Waals surface area contributed by atoms with Gasteiger partial charge in [0.2, 0.25) is 29.1 Å². The third-order valence-corrected chi connectivity index (χ3v) is 3.52. The van der Waals surface area contributed by atoms with E-state index in [2.05, 4.69) is 10.1 Å². The van der Waals surface area contributed by atoms with Gasteiger partial charge >= 0.3 is 0 Å². The zero-order chi connectivity index (χ0) is 20.4. The molecule has 0 unspecified atom stereocenters. The standard InChI is InChI=1S/C18H10F5NO4/c19-12-13(20)15(22)17(16(23)14(12)21)27-7-10-4-5-11(28-10)18(26)24-8-2-1-3-9(25)6-8/h1-6,25H,7H2,(H,24,26). The van der Waals surface area contributed by atoms with Crippen molar-refractivity contribution in [3.8, 4) is 11.5 Å². The number of benzene rings is 2. The van der Waals surface area contributed by atoms with Crippen LogP contribution in [0, 0.1) is 29.1 Å². The van der Waals surface area contributed by atoms with E-state index in [1.54, 1.807) is 0 Å². The summed E-state index contributed by atoms with van der Waals surface area (Å²) in [6.07, 6.45) is 0. The summed E-state index contributed by atoms with van der Waals surface area (Å²) in [5.41, 5.74) is 0.278. The minimum atomic E-state index is -2.30. The number of hydrogen-bond donors (Lipinski definition) is 2. The van der Waals surface area contributed by atoms with Gasteiger partial charge in [-0.2, -0.15) is 8.78 Å². The lowest BCUT2D eigenvalue weighted by molar-refractivity contribution is 0.0992. The SMILES string of the molecule is O=C(Nc1cccc(O)c1)c1ccc(COc2c(F)c(F)c(F)c(F)c2F)o1. The summed E-state index contributed by atoms with van der Waals surface area (Å²) >= 11 is 0. The van der Waals surface area contributed by atoms with Gasteiger partial charge in [-0.05, 0) is 24.3 Å². The van der Waals surface area contributed by atoms with Crippen molar-refractivity contribution in [2.45, 2.75) is 6.61 Å². The number of phenols is 1. The molecule has 0 spiro atoms. The molecule has 2 aromatic carbocycles. The van der Waals surface area contributed by atoms with Gasteiger partial charge in [-0.3, -0.25) is 4.79 Å². The number of carbonyl (C=O) groups excluding carboxylic acids is 1. The summed E-state index contributed by atoms with van der Waals surface area (Å²) < 4.78 is 76.1. The average molecular weight is 399 g/mol. The lowest BCUT2D eigenvalue weighted by atomic mass is 10.2. The first-order chi connectivity index (χ1) is 13.3. The zero-order valence-electron chi connectivity index (χ0n) is 13.7. The molecule has 1 amide bonds. The van der Waals surface area contributed by atoms with Crippen molar-refractivity contribution >= 4 is 11.6 Å². The van der Waals surface area contributed by atoms with Crippen LogP contribution in [0.3, 0.4) is 0 Å². The Hall–Kier alpha value is -3.56. The smallest absolute Gasteiger partial charge is 0.291 e. The molecule has 1 heterocycles. The van der Waals surface area contributed by atoms with Gasteiger partial charge in [-0.15, -0.1) is 0 Å². The Morgan fingerprint density at radius 3 is 2.25 bits per heavy atom. The van der Waals surface area contributed by atoms with Crippen LogP contribution in [0.4, 0.5) is 27.6 Å². The number of hydrogen-bond acceptors (Lipinski definition) is 4. The number of anilines is 1. The molecule has 146 valence electrons. The topological polar surface area (TPSA) is 71.7 Å². The second-order valence-corrected chi connectivity index (χ2v) is 5.46. The molecule has 1 aromatic heterocycles. The van der Waals surface area contributed by atoms with E-state index in [-0.39, 0.29) is 23.0 Å². The van der Waals surface area contributed by atoms with Crippen molar-refractivity contribution < 1.29 is 41.0 Å². The van der Waals surface area contributed by atoms with Crippen molar-refractivity contribution in [2.24, 2.45) is 0 Å². The maximum absolute atomic E-state index is 13.6. The van der Waals surface area contributed by atoms with Crippen LogP contribution in [0.1, 0.15) is 16.3 Å². The first kappa shape index (κ1) is 19.2. The molecule has 0 aliphatic heterocycles. The summed E-state index contributed by atoms with van der Waals surface area (Å²) in [7, 11) is 0. The third-order valence-electron chi connectivity index (χ3n) is 3.52. The quantitative estimate of drug-likeness (QED) is 0.376. The van der Waals surface area contributed by atoms with E-state index in [1.165, 1.54) is 36.4 Å². The van der Waals surface area contributed by atoms with Crippen molar-refractivity contribution in [1.29, 1.82) is 0 Å². The van der Waals surface area contributed by atoms with Crippen molar-refractivity contribution in [2.75, 3.05) is 5.32 Å². The molecule has 2 N–H and O–H groups in total. The molecule has 0 radical (unpaired) electrons. The molecule has 28 heavy (non-hydrogen) atoms. The summed E-state index contributed by atoms with van der Waals surface area (Å²) in [6.45, 7) is -0.697. The molecule has 3 rings (SSSR count). The van der Waals surface area contributed by atoms with Crippen LogP contribution in [0.2, 0.25) is 0 Å². The van der Waals surface area contributed by atoms with Crippen LogP contribution < -0.4 is 10.1 Å². The van der Waals surface area contributed by atoms with Gasteiger partial charge in [0.1, 0.15) is 18.1 Å². The van der Waals surface area contributed by atoms with Crippen LogP contribution in [-0.4, -0.2) is 11.0 Å². The van der Waals surface area contributed by atoms with Crippen molar-refractivity contribution in [3.63, 3.8) is 0 Å². The molecular formula is C18H10F5NO4. The molecular weight excluding hydrogens is 389 g/mol. The number of ether oxygens (including phenoxy) is 1. The average Bonchev–Trinajstić information content (AvgIpc) is 3.14. The van der Waals surface area contributed by atoms with Gasteiger partial charge in [0.25, 0.3) is 5.91 Å². The van der Waals surface area contributed by atoms with E-state index in [9.17, 15) is 31.9 Å². The highest BCUT2D eigenvalue weighted by Crippen LogP contribution is 2.30. The van der Waals surface area contributed by atoms with E-state index in [1.807, 2.05) is 0 Å². The number of rotatable bonds is 5. The van der Waals surface area contributed by atoms with Gasteiger partial charge in [0.15, 0.2) is 11.5 Å². The summed E-state index contributed by atoms with van der Waals surface area (Å²) in [5.74, 6) is -13.4. The molecule has 0 saturated heterocycles. The first-order valence-corrected chi connectivity index (χ1v) is 7.61. The van der Waals surface area contributed by atoms with Crippen molar-refractivity contribution in [3.05, 3.63) is 77.0 Å². The van der Waals surface area contributed by atoms with Crippen LogP contribution in [0.25, 0.3) is 0 Å². The molecule has 0 bridgehead atoms. The minimum absolute atomic E-state index is 0.0749. The fourth-order valence-corrected chi connectivity index (χ4v) is 2.21. The molecule has 3 aromatic rings. The highest BCUT2D eigenvalue weighted by molar-refractivity contribution is 6.02.